The average Bonchev–Trinajstić information content (AvgIpc) is 3.35. The van der Waals surface area contributed by atoms with Crippen LogP contribution in [0.3, 0.4) is 0 Å². The highest BCUT2D eigenvalue weighted by Crippen LogP contribution is 2.50. The summed E-state index contributed by atoms with van der Waals surface area (Å²) in [6, 6.07) is 17.3. The highest BCUT2D eigenvalue weighted by atomic mass is 16.5. The number of ether oxygens (including phenoxy) is 1. The smallest absolute Gasteiger partial charge is 0.319 e. The van der Waals surface area contributed by atoms with Crippen molar-refractivity contribution in [1.29, 1.82) is 0 Å². The second-order valence-electron chi connectivity index (χ2n) is 5.65. The van der Waals surface area contributed by atoms with Crippen LogP contribution in [0.1, 0.15) is 18.4 Å². The fourth-order valence-corrected chi connectivity index (χ4v) is 2.72. The number of urea groups is 1. The second-order valence-corrected chi connectivity index (χ2v) is 5.65. The molecule has 4 heteroatoms. The van der Waals surface area contributed by atoms with Gasteiger partial charge in [-0.3, -0.25) is 0 Å². The molecule has 2 amide bonds. The lowest BCUT2D eigenvalue weighted by atomic mass is 9.95. The highest BCUT2D eigenvalue weighted by Gasteiger charge is 2.46. The lowest BCUT2D eigenvalue weighted by Gasteiger charge is -2.19. The van der Waals surface area contributed by atoms with E-state index < -0.39 is 0 Å². The van der Waals surface area contributed by atoms with E-state index in [1.807, 2.05) is 48.5 Å². The first-order valence-corrected chi connectivity index (χ1v) is 7.47. The first kappa shape index (κ1) is 14.4. The Bertz CT molecular complexity index is 651. The van der Waals surface area contributed by atoms with Crippen LogP contribution in [-0.4, -0.2) is 19.7 Å². The maximum Gasteiger partial charge on any atom is 0.319 e. The summed E-state index contributed by atoms with van der Waals surface area (Å²) in [5.41, 5.74) is 1.99. The molecule has 1 aliphatic carbocycles. The zero-order valence-corrected chi connectivity index (χ0v) is 12.6. The summed E-state index contributed by atoms with van der Waals surface area (Å²) in [6.45, 7) is 0.617. The van der Waals surface area contributed by atoms with Crippen LogP contribution in [0.4, 0.5) is 10.5 Å². The van der Waals surface area contributed by atoms with Crippen LogP contribution < -0.4 is 15.4 Å². The van der Waals surface area contributed by atoms with Crippen molar-refractivity contribution in [2.45, 2.75) is 18.3 Å². The van der Waals surface area contributed by atoms with Crippen molar-refractivity contribution in [2.24, 2.45) is 0 Å². The van der Waals surface area contributed by atoms with Crippen molar-refractivity contribution in [1.82, 2.24) is 5.32 Å². The molecule has 0 atom stereocenters. The third-order valence-electron chi connectivity index (χ3n) is 4.15. The van der Waals surface area contributed by atoms with Gasteiger partial charge in [-0.05, 0) is 31.0 Å². The molecule has 0 aromatic heterocycles. The minimum Gasteiger partial charge on any atom is -0.496 e. The van der Waals surface area contributed by atoms with E-state index in [4.69, 9.17) is 4.74 Å². The number of carbonyl (C=O) groups is 1. The summed E-state index contributed by atoms with van der Waals surface area (Å²) in [4.78, 5) is 12.0. The summed E-state index contributed by atoms with van der Waals surface area (Å²) in [6.07, 6.45) is 2.14. The third-order valence-corrected chi connectivity index (χ3v) is 4.15. The summed E-state index contributed by atoms with van der Waals surface area (Å²) in [5.74, 6) is 0.894. The van der Waals surface area contributed by atoms with Gasteiger partial charge in [-0.15, -0.1) is 0 Å². The van der Waals surface area contributed by atoms with Gasteiger partial charge in [0.25, 0.3) is 0 Å². The van der Waals surface area contributed by atoms with Gasteiger partial charge in [0.1, 0.15) is 5.75 Å². The maximum absolute atomic E-state index is 12.0. The van der Waals surface area contributed by atoms with E-state index in [1.54, 1.807) is 7.11 Å². The number of hydrogen-bond donors (Lipinski definition) is 2. The lowest BCUT2D eigenvalue weighted by molar-refractivity contribution is 0.251. The van der Waals surface area contributed by atoms with Gasteiger partial charge in [0.2, 0.25) is 0 Å². The predicted molar refractivity (Wildman–Crippen MR) is 87.4 cm³/mol. The number of nitrogens with one attached hydrogen (secondary N) is 2. The van der Waals surface area contributed by atoms with Crippen LogP contribution >= 0.6 is 0 Å². The van der Waals surface area contributed by atoms with Gasteiger partial charge < -0.3 is 15.4 Å². The van der Waals surface area contributed by atoms with Crippen LogP contribution in [0, 0.1) is 0 Å². The molecule has 2 aromatic rings. The van der Waals surface area contributed by atoms with E-state index in [2.05, 4.69) is 16.7 Å². The first-order chi connectivity index (χ1) is 10.7. The minimum absolute atomic E-state index is 0.0145. The van der Waals surface area contributed by atoms with E-state index in [9.17, 15) is 4.79 Å². The molecule has 0 radical (unpaired) electrons. The molecule has 1 saturated carbocycles. The van der Waals surface area contributed by atoms with Crippen molar-refractivity contribution < 1.29 is 9.53 Å². The Hall–Kier alpha value is -2.49. The molecule has 0 heterocycles. The molecular weight excluding hydrogens is 276 g/mol. The minimum atomic E-state index is -0.174. The summed E-state index contributed by atoms with van der Waals surface area (Å²) in [7, 11) is 1.68. The van der Waals surface area contributed by atoms with Gasteiger partial charge in [0.15, 0.2) is 0 Å². The summed E-state index contributed by atoms with van der Waals surface area (Å²) < 4.78 is 5.45. The Balaban J connectivity index is 1.62. The van der Waals surface area contributed by atoms with E-state index >= 15 is 0 Å². The number of amides is 2. The average molecular weight is 296 g/mol. The Kier molecular flexibility index (Phi) is 4.00. The summed E-state index contributed by atoms with van der Waals surface area (Å²) in [5, 5.41) is 5.82. The zero-order chi connectivity index (χ0) is 15.4. The van der Waals surface area contributed by atoms with E-state index in [1.165, 1.54) is 5.56 Å². The van der Waals surface area contributed by atoms with Crippen molar-refractivity contribution in [3.63, 3.8) is 0 Å². The molecule has 0 aliphatic heterocycles. The SMILES string of the molecule is COc1ccccc1C1(CNC(=O)Nc2ccccc2)CC1. The fourth-order valence-electron chi connectivity index (χ4n) is 2.72. The van der Waals surface area contributed by atoms with Gasteiger partial charge in [-0.25, -0.2) is 4.79 Å². The van der Waals surface area contributed by atoms with Gasteiger partial charge in [-0.2, -0.15) is 0 Å². The van der Waals surface area contributed by atoms with Gasteiger partial charge in [0, 0.05) is 23.2 Å². The zero-order valence-electron chi connectivity index (χ0n) is 12.6. The van der Waals surface area contributed by atoms with E-state index in [0.717, 1.165) is 24.3 Å². The fraction of sp³-hybridized carbons (Fsp3) is 0.278. The quantitative estimate of drug-likeness (QED) is 0.886. The van der Waals surface area contributed by atoms with Gasteiger partial charge >= 0.3 is 6.03 Å². The van der Waals surface area contributed by atoms with Gasteiger partial charge in [-0.1, -0.05) is 36.4 Å². The summed E-state index contributed by atoms with van der Waals surface area (Å²) >= 11 is 0. The highest BCUT2D eigenvalue weighted by molar-refractivity contribution is 5.89. The molecule has 2 aromatic carbocycles. The van der Waals surface area contributed by atoms with E-state index in [0.29, 0.717) is 6.54 Å². The molecule has 3 rings (SSSR count). The monoisotopic (exact) mass is 296 g/mol. The Morgan fingerprint density at radius 1 is 1.09 bits per heavy atom. The lowest BCUT2D eigenvalue weighted by Crippen LogP contribution is -2.35. The Morgan fingerprint density at radius 3 is 2.45 bits per heavy atom. The van der Waals surface area contributed by atoms with Crippen molar-refractivity contribution >= 4 is 11.7 Å². The molecule has 2 N–H and O–H groups in total. The normalized spacial score (nSPS) is 15.0. The first-order valence-electron chi connectivity index (χ1n) is 7.47. The molecular formula is C18H20N2O2. The maximum atomic E-state index is 12.0. The molecule has 0 bridgehead atoms. The number of hydrogen-bond acceptors (Lipinski definition) is 2. The number of rotatable bonds is 5. The molecule has 114 valence electrons. The number of methoxy groups -OCH3 is 1. The van der Waals surface area contributed by atoms with Crippen LogP contribution in [0.15, 0.2) is 54.6 Å². The third kappa shape index (κ3) is 3.06. The van der Waals surface area contributed by atoms with E-state index in [-0.39, 0.29) is 11.4 Å². The number of anilines is 1. The second kappa shape index (κ2) is 6.10. The predicted octanol–water partition coefficient (Wildman–Crippen LogP) is 3.55. The number of benzene rings is 2. The number of para-hydroxylation sites is 2. The molecule has 0 saturated heterocycles. The molecule has 4 nitrogen and oxygen atoms in total. The largest absolute Gasteiger partial charge is 0.496 e. The standard InChI is InChI=1S/C18H20N2O2/c1-22-16-10-6-5-9-15(16)18(11-12-18)13-19-17(21)20-14-7-3-2-4-8-14/h2-10H,11-13H2,1H3,(H2,19,20,21). The Morgan fingerprint density at radius 2 is 1.77 bits per heavy atom. The molecule has 1 aliphatic rings. The molecule has 0 unspecified atom stereocenters. The van der Waals surface area contributed by atoms with Crippen LogP contribution in [0.25, 0.3) is 0 Å². The molecule has 0 spiro atoms. The van der Waals surface area contributed by atoms with Crippen LogP contribution in [0.2, 0.25) is 0 Å². The van der Waals surface area contributed by atoms with Crippen LogP contribution in [-0.2, 0) is 5.41 Å². The Labute approximate surface area is 130 Å². The van der Waals surface area contributed by atoms with Crippen LogP contribution in [0.5, 0.6) is 5.75 Å². The number of carbonyl (C=O) groups excluding carboxylic acids is 1. The van der Waals surface area contributed by atoms with Crippen molar-refractivity contribution in [2.75, 3.05) is 19.0 Å². The molecule has 22 heavy (non-hydrogen) atoms. The molecule has 1 fully saturated rings. The van der Waals surface area contributed by atoms with Crippen molar-refractivity contribution in [3.8, 4) is 5.75 Å². The topological polar surface area (TPSA) is 50.4 Å². The van der Waals surface area contributed by atoms with Gasteiger partial charge in [0.05, 0.1) is 7.11 Å². The van der Waals surface area contributed by atoms with Crippen molar-refractivity contribution in [3.05, 3.63) is 60.2 Å².